The minimum atomic E-state index is -1.12. The Kier molecular flexibility index (Phi) is 4.82. The van der Waals surface area contributed by atoms with E-state index in [1.807, 2.05) is 41.5 Å². The van der Waals surface area contributed by atoms with Gasteiger partial charge in [-0.3, -0.25) is 9.80 Å². The fraction of sp³-hybridized carbons (Fsp3) is 0.381. The maximum absolute atomic E-state index is 10.8. The lowest BCUT2D eigenvalue weighted by atomic mass is 10.0. The molecule has 1 heterocycles. The second-order valence-electron chi connectivity index (χ2n) is 7.34. The van der Waals surface area contributed by atoms with Crippen LogP contribution in [0.4, 0.5) is 11.4 Å². The highest BCUT2D eigenvalue weighted by Crippen LogP contribution is 2.38. The smallest absolute Gasteiger partial charge is 0.185 e. The summed E-state index contributed by atoms with van der Waals surface area (Å²) in [5, 5.41) is 22.0. The zero-order chi connectivity index (χ0) is 19.3. The molecule has 2 N–H and O–H groups in total. The molecule has 4 nitrogen and oxygen atoms in total. The molecule has 0 unspecified atom stereocenters. The molecule has 138 valence electrons. The minimum absolute atomic E-state index is 0.412. The van der Waals surface area contributed by atoms with E-state index in [4.69, 9.17) is 12.2 Å². The van der Waals surface area contributed by atoms with E-state index in [1.54, 1.807) is 9.80 Å². The van der Waals surface area contributed by atoms with Crippen molar-refractivity contribution in [3.63, 3.8) is 0 Å². The van der Waals surface area contributed by atoms with Crippen molar-refractivity contribution in [2.24, 2.45) is 0 Å². The van der Waals surface area contributed by atoms with Gasteiger partial charge in [0, 0.05) is 0 Å². The Morgan fingerprint density at radius 3 is 1.19 bits per heavy atom. The second-order valence-corrected chi connectivity index (χ2v) is 7.71. The first-order valence-corrected chi connectivity index (χ1v) is 9.18. The van der Waals surface area contributed by atoms with Crippen LogP contribution in [0.15, 0.2) is 24.3 Å². The summed E-state index contributed by atoms with van der Waals surface area (Å²) in [6.45, 7) is 12.1. The Morgan fingerprint density at radius 1 is 0.654 bits per heavy atom. The van der Waals surface area contributed by atoms with E-state index in [9.17, 15) is 10.2 Å². The Bertz CT molecular complexity index is 776. The molecule has 0 aliphatic carbocycles. The van der Waals surface area contributed by atoms with Crippen LogP contribution in [0.25, 0.3) is 0 Å². The van der Waals surface area contributed by atoms with Crippen molar-refractivity contribution in [3.05, 3.63) is 57.6 Å². The largest absolute Gasteiger partial charge is 0.369 e. The highest BCUT2D eigenvalue weighted by atomic mass is 32.1. The van der Waals surface area contributed by atoms with Crippen molar-refractivity contribution in [2.75, 3.05) is 9.80 Å². The lowest BCUT2D eigenvalue weighted by Crippen LogP contribution is -2.37. The number of hydrogen-bond acceptors (Lipinski definition) is 3. The van der Waals surface area contributed by atoms with Crippen molar-refractivity contribution in [1.29, 1.82) is 0 Å². The molecule has 0 spiro atoms. The maximum Gasteiger partial charge on any atom is 0.185 e. The first kappa shape index (κ1) is 18.8. The SMILES string of the molecule is Cc1cc(C)c(N2C(=S)N(c3c(C)cc(C)cc3C)[C@@H](O)[C@@H]2O)c(C)c1. The molecule has 5 heteroatoms. The fourth-order valence-electron chi connectivity index (χ4n) is 4.17. The van der Waals surface area contributed by atoms with Gasteiger partial charge in [0.05, 0.1) is 11.4 Å². The summed E-state index contributed by atoms with van der Waals surface area (Å²) >= 11 is 5.72. The fourth-order valence-corrected chi connectivity index (χ4v) is 4.57. The van der Waals surface area contributed by atoms with Crippen molar-refractivity contribution in [1.82, 2.24) is 0 Å². The quantitative estimate of drug-likeness (QED) is 0.788. The van der Waals surface area contributed by atoms with Gasteiger partial charge < -0.3 is 10.2 Å². The predicted octanol–water partition coefficient (Wildman–Crippen LogP) is 3.79. The van der Waals surface area contributed by atoms with Gasteiger partial charge in [-0.05, 0) is 76.0 Å². The molecule has 2 aromatic rings. The van der Waals surface area contributed by atoms with E-state index >= 15 is 0 Å². The summed E-state index contributed by atoms with van der Waals surface area (Å²) in [5.41, 5.74) is 8.13. The van der Waals surface area contributed by atoms with Gasteiger partial charge in [-0.25, -0.2) is 0 Å². The van der Waals surface area contributed by atoms with Crippen LogP contribution in [0.5, 0.6) is 0 Å². The lowest BCUT2D eigenvalue weighted by Gasteiger charge is -2.27. The van der Waals surface area contributed by atoms with Crippen molar-refractivity contribution >= 4 is 28.7 Å². The van der Waals surface area contributed by atoms with Gasteiger partial charge in [0.25, 0.3) is 0 Å². The molecule has 0 radical (unpaired) electrons. The molecule has 26 heavy (non-hydrogen) atoms. The Hall–Kier alpha value is -1.95. The molecule has 0 saturated carbocycles. The lowest BCUT2D eigenvalue weighted by molar-refractivity contribution is 0.0458. The number of aliphatic hydroxyl groups is 2. The van der Waals surface area contributed by atoms with Gasteiger partial charge in [-0.1, -0.05) is 35.4 Å². The van der Waals surface area contributed by atoms with E-state index < -0.39 is 12.5 Å². The van der Waals surface area contributed by atoms with Crippen LogP contribution in [-0.4, -0.2) is 27.8 Å². The number of thiocarbonyl (C=S) groups is 1. The molecular weight excluding hydrogens is 344 g/mol. The van der Waals surface area contributed by atoms with E-state index in [-0.39, 0.29) is 0 Å². The Balaban J connectivity index is 2.13. The van der Waals surface area contributed by atoms with E-state index in [0.717, 1.165) is 44.8 Å². The Labute approximate surface area is 160 Å². The van der Waals surface area contributed by atoms with Crippen LogP contribution < -0.4 is 9.80 Å². The molecule has 1 aliphatic rings. The standard InChI is InChI=1S/C21H26N2O2S/c1-11-7-13(3)17(14(4)8-11)22-19(24)20(25)23(21(22)26)18-15(5)9-12(2)10-16(18)6/h7-10,19-20,24-25H,1-6H3/t19-,20-/m0/s1. The van der Waals surface area contributed by atoms with Crippen LogP contribution in [0.2, 0.25) is 0 Å². The molecule has 2 aromatic carbocycles. The van der Waals surface area contributed by atoms with Crippen molar-refractivity contribution in [2.45, 2.75) is 54.0 Å². The number of anilines is 2. The molecule has 1 saturated heterocycles. The summed E-state index contributed by atoms with van der Waals surface area (Å²) in [6, 6.07) is 8.26. The summed E-state index contributed by atoms with van der Waals surface area (Å²) in [6.07, 6.45) is -2.24. The van der Waals surface area contributed by atoms with Gasteiger partial charge >= 0.3 is 0 Å². The minimum Gasteiger partial charge on any atom is -0.369 e. The third-order valence-corrected chi connectivity index (χ3v) is 5.35. The van der Waals surface area contributed by atoms with Crippen LogP contribution in [0.3, 0.4) is 0 Å². The summed E-state index contributed by atoms with van der Waals surface area (Å²) in [7, 11) is 0. The monoisotopic (exact) mass is 370 g/mol. The van der Waals surface area contributed by atoms with Crippen molar-refractivity contribution < 1.29 is 10.2 Å². The van der Waals surface area contributed by atoms with E-state index in [1.165, 1.54) is 0 Å². The number of rotatable bonds is 2. The number of nitrogens with zero attached hydrogens (tertiary/aromatic N) is 2. The maximum atomic E-state index is 10.8. The number of hydrogen-bond donors (Lipinski definition) is 2. The molecule has 0 amide bonds. The topological polar surface area (TPSA) is 46.9 Å². The van der Waals surface area contributed by atoms with Crippen molar-refractivity contribution in [3.8, 4) is 0 Å². The van der Waals surface area contributed by atoms with Crippen LogP contribution in [0, 0.1) is 41.5 Å². The summed E-state index contributed by atoms with van der Waals surface area (Å²) in [5.74, 6) is 0. The first-order valence-electron chi connectivity index (χ1n) is 8.77. The summed E-state index contributed by atoms with van der Waals surface area (Å²) in [4.78, 5) is 3.34. The van der Waals surface area contributed by atoms with Gasteiger partial charge in [-0.2, -0.15) is 0 Å². The highest BCUT2D eigenvalue weighted by Gasteiger charge is 2.44. The number of aliphatic hydroxyl groups excluding tert-OH is 2. The average Bonchev–Trinajstić information content (AvgIpc) is 2.71. The average molecular weight is 371 g/mol. The third-order valence-electron chi connectivity index (χ3n) is 4.96. The Morgan fingerprint density at radius 2 is 0.923 bits per heavy atom. The van der Waals surface area contributed by atoms with E-state index in [2.05, 4.69) is 24.3 Å². The van der Waals surface area contributed by atoms with Gasteiger partial charge in [-0.15, -0.1) is 0 Å². The van der Waals surface area contributed by atoms with Crippen LogP contribution in [0.1, 0.15) is 33.4 Å². The predicted molar refractivity (Wildman–Crippen MR) is 111 cm³/mol. The second kappa shape index (κ2) is 6.65. The molecule has 3 rings (SSSR count). The molecule has 2 atom stereocenters. The first-order chi connectivity index (χ1) is 12.1. The van der Waals surface area contributed by atoms with Gasteiger partial charge in [0.2, 0.25) is 0 Å². The van der Waals surface area contributed by atoms with Crippen LogP contribution >= 0.6 is 12.2 Å². The molecule has 1 aliphatic heterocycles. The normalized spacial score (nSPS) is 20.2. The number of aryl methyl sites for hydroxylation is 6. The summed E-state index contributed by atoms with van der Waals surface area (Å²) < 4.78 is 0. The van der Waals surface area contributed by atoms with E-state index in [0.29, 0.717) is 5.11 Å². The van der Waals surface area contributed by atoms with Crippen LogP contribution in [-0.2, 0) is 0 Å². The highest BCUT2D eigenvalue weighted by molar-refractivity contribution is 7.80. The van der Waals surface area contributed by atoms with Gasteiger partial charge in [0.15, 0.2) is 17.6 Å². The molecule has 0 aromatic heterocycles. The molecule has 0 bridgehead atoms. The zero-order valence-electron chi connectivity index (χ0n) is 16.2. The molecular formula is C21H26N2O2S. The number of benzene rings is 2. The molecule has 1 fully saturated rings. The zero-order valence-corrected chi connectivity index (χ0v) is 17.0. The third kappa shape index (κ3) is 2.90. The van der Waals surface area contributed by atoms with Gasteiger partial charge in [0.1, 0.15) is 0 Å².